The molecule has 0 aromatic carbocycles. The number of carbonyl (C=O) groups is 2. The highest BCUT2D eigenvalue weighted by Crippen LogP contribution is 2.31. The van der Waals surface area contributed by atoms with Gasteiger partial charge in [-0.25, -0.2) is 0 Å². The molecule has 2 aliphatic rings. The largest absolute Gasteiger partial charge is 0.345 e. The topological polar surface area (TPSA) is 92.4 Å². The van der Waals surface area contributed by atoms with Crippen LogP contribution in [0.4, 0.5) is 0 Å². The summed E-state index contributed by atoms with van der Waals surface area (Å²) in [6, 6.07) is 1.83. The maximum Gasteiger partial charge on any atom is 0.255 e. The van der Waals surface area contributed by atoms with E-state index in [1.165, 1.54) is 0 Å². The van der Waals surface area contributed by atoms with Gasteiger partial charge in [0.2, 0.25) is 11.8 Å². The van der Waals surface area contributed by atoms with Gasteiger partial charge in [0.25, 0.3) is 5.91 Å². The van der Waals surface area contributed by atoms with Crippen molar-refractivity contribution >= 4 is 11.8 Å². The molecule has 142 valence electrons. The maximum atomic E-state index is 12.5. The van der Waals surface area contributed by atoms with Crippen molar-refractivity contribution in [2.45, 2.75) is 32.1 Å². The molecule has 0 radical (unpaired) electrons. The van der Waals surface area contributed by atoms with Crippen LogP contribution in [0.15, 0.2) is 23.0 Å². The molecule has 0 atom stereocenters. The highest BCUT2D eigenvalue weighted by molar-refractivity contribution is 5.95. The van der Waals surface area contributed by atoms with Crippen LogP contribution in [0, 0.1) is 12.8 Å². The number of hydrogen-bond acceptors (Lipinski definition) is 6. The van der Waals surface area contributed by atoms with Crippen LogP contribution in [0.3, 0.4) is 0 Å². The molecular formula is C19H23N5O3. The smallest absolute Gasteiger partial charge is 0.255 e. The van der Waals surface area contributed by atoms with Gasteiger partial charge in [0.1, 0.15) is 0 Å². The summed E-state index contributed by atoms with van der Waals surface area (Å²) in [7, 11) is 1.82. The molecule has 1 aliphatic heterocycles. The molecule has 0 spiro atoms. The molecule has 2 fully saturated rings. The highest BCUT2D eigenvalue weighted by Gasteiger charge is 2.36. The Morgan fingerprint density at radius 2 is 2.11 bits per heavy atom. The average molecular weight is 369 g/mol. The summed E-state index contributed by atoms with van der Waals surface area (Å²) in [5.41, 5.74) is 1.55. The van der Waals surface area contributed by atoms with Crippen molar-refractivity contribution in [1.29, 1.82) is 0 Å². The number of amides is 2. The van der Waals surface area contributed by atoms with Gasteiger partial charge in [-0.2, -0.15) is 4.98 Å². The minimum Gasteiger partial charge on any atom is -0.345 e. The number of rotatable bonds is 6. The fourth-order valence-corrected chi connectivity index (χ4v) is 3.21. The highest BCUT2D eigenvalue weighted by atomic mass is 16.5. The van der Waals surface area contributed by atoms with Gasteiger partial charge in [-0.05, 0) is 31.4 Å². The molecule has 8 heteroatoms. The first-order chi connectivity index (χ1) is 13.0. The van der Waals surface area contributed by atoms with Gasteiger partial charge < -0.3 is 14.3 Å². The molecule has 27 heavy (non-hydrogen) atoms. The first-order valence-corrected chi connectivity index (χ1v) is 9.30. The Balaban J connectivity index is 1.28. The van der Waals surface area contributed by atoms with Crippen molar-refractivity contribution < 1.29 is 14.1 Å². The number of nitrogens with zero attached hydrogens (tertiary/aromatic N) is 5. The number of hydrogen-bond donors (Lipinski definition) is 0. The molecule has 3 heterocycles. The molecule has 1 saturated carbocycles. The summed E-state index contributed by atoms with van der Waals surface area (Å²) in [5.74, 6) is 1.65. The first kappa shape index (κ1) is 17.6. The van der Waals surface area contributed by atoms with Crippen LogP contribution in [0.5, 0.6) is 0 Å². The van der Waals surface area contributed by atoms with Crippen LogP contribution in [-0.4, -0.2) is 63.4 Å². The SMILES string of the molecule is Cc1ccncc1C(=O)N1CC(c2nc(CCN(C)C(=O)C3CC3)no2)C1. The van der Waals surface area contributed by atoms with E-state index in [0.717, 1.165) is 18.4 Å². The monoisotopic (exact) mass is 369 g/mol. The second-order valence-electron chi connectivity index (χ2n) is 7.43. The van der Waals surface area contributed by atoms with Crippen LogP contribution in [0.1, 0.15) is 46.4 Å². The lowest BCUT2D eigenvalue weighted by molar-refractivity contribution is -0.131. The van der Waals surface area contributed by atoms with Crippen LogP contribution < -0.4 is 0 Å². The van der Waals surface area contributed by atoms with E-state index in [1.807, 2.05) is 20.0 Å². The van der Waals surface area contributed by atoms with E-state index in [1.54, 1.807) is 22.2 Å². The average Bonchev–Trinajstić information content (AvgIpc) is 3.37. The van der Waals surface area contributed by atoms with Crippen molar-refractivity contribution in [3.05, 3.63) is 41.3 Å². The third-order valence-electron chi connectivity index (χ3n) is 5.24. The predicted molar refractivity (Wildman–Crippen MR) is 96.0 cm³/mol. The Labute approximate surface area is 157 Å². The van der Waals surface area contributed by atoms with Gasteiger partial charge >= 0.3 is 0 Å². The van der Waals surface area contributed by atoms with Gasteiger partial charge in [0.15, 0.2) is 5.82 Å². The second-order valence-corrected chi connectivity index (χ2v) is 7.43. The molecule has 4 rings (SSSR count). The molecule has 1 aliphatic carbocycles. The fourth-order valence-electron chi connectivity index (χ4n) is 3.21. The van der Waals surface area contributed by atoms with E-state index in [9.17, 15) is 9.59 Å². The Kier molecular flexibility index (Phi) is 4.63. The molecule has 2 aromatic heterocycles. The summed E-state index contributed by atoms with van der Waals surface area (Å²) < 4.78 is 5.36. The van der Waals surface area contributed by atoms with Crippen LogP contribution >= 0.6 is 0 Å². The van der Waals surface area contributed by atoms with Crippen LogP contribution in [0.25, 0.3) is 0 Å². The van der Waals surface area contributed by atoms with Crippen LogP contribution in [-0.2, 0) is 11.2 Å². The van der Waals surface area contributed by atoms with Gasteiger partial charge in [-0.1, -0.05) is 5.16 Å². The molecule has 0 N–H and O–H groups in total. The molecular weight excluding hydrogens is 346 g/mol. The second kappa shape index (κ2) is 7.09. The van der Waals surface area contributed by atoms with Crippen molar-refractivity contribution in [2.24, 2.45) is 5.92 Å². The van der Waals surface area contributed by atoms with E-state index in [0.29, 0.717) is 43.3 Å². The van der Waals surface area contributed by atoms with E-state index in [2.05, 4.69) is 15.1 Å². The zero-order valence-electron chi connectivity index (χ0n) is 15.6. The first-order valence-electron chi connectivity index (χ1n) is 9.30. The molecule has 0 bridgehead atoms. The molecule has 0 unspecified atom stereocenters. The quantitative estimate of drug-likeness (QED) is 0.765. The van der Waals surface area contributed by atoms with Crippen LogP contribution in [0.2, 0.25) is 0 Å². The molecule has 2 aromatic rings. The van der Waals surface area contributed by atoms with Gasteiger partial charge in [0.05, 0.1) is 11.5 Å². The third kappa shape index (κ3) is 3.70. The van der Waals surface area contributed by atoms with Crippen molar-refractivity contribution in [2.75, 3.05) is 26.7 Å². The van der Waals surface area contributed by atoms with Gasteiger partial charge in [-0.3, -0.25) is 14.6 Å². The third-order valence-corrected chi connectivity index (χ3v) is 5.24. The van der Waals surface area contributed by atoms with Crippen molar-refractivity contribution in [3.63, 3.8) is 0 Å². The Hall–Kier alpha value is -2.77. The van der Waals surface area contributed by atoms with Crippen molar-refractivity contribution in [3.8, 4) is 0 Å². The van der Waals surface area contributed by atoms with E-state index >= 15 is 0 Å². The number of likely N-dealkylation sites (N-methyl/N-ethyl adjacent to an activating group) is 1. The summed E-state index contributed by atoms with van der Waals surface area (Å²) >= 11 is 0. The minimum atomic E-state index is -0.0169. The molecule has 2 amide bonds. The van der Waals surface area contributed by atoms with Gasteiger partial charge in [0, 0.05) is 51.4 Å². The number of aryl methyl sites for hydroxylation is 1. The molecule has 1 saturated heterocycles. The minimum absolute atomic E-state index is 0.0169. The zero-order chi connectivity index (χ0) is 19.0. The maximum absolute atomic E-state index is 12.5. The lowest BCUT2D eigenvalue weighted by Gasteiger charge is -2.37. The standard InChI is InChI=1S/C19H23N5O3/c1-12-5-7-20-9-15(12)19(26)24-10-14(11-24)17-21-16(22-27-17)6-8-23(2)18(25)13-3-4-13/h5,7,9,13-14H,3-4,6,8,10-11H2,1-2H3. The Morgan fingerprint density at radius 1 is 1.33 bits per heavy atom. The van der Waals surface area contributed by atoms with Crippen molar-refractivity contribution in [1.82, 2.24) is 24.9 Å². The lowest BCUT2D eigenvalue weighted by Crippen LogP contribution is -2.48. The number of likely N-dealkylation sites (tertiary alicyclic amines) is 1. The Morgan fingerprint density at radius 3 is 2.81 bits per heavy atom. The summed E-state index contributed by atoms with van der Waals surface area (Å²) in [5, 5.41) is 4.02. The summed E-state index contributed by atoms with van der Waals surface area (Å²) in [6.45, 7) is 3.62. The molecule has 8 nitrogen and oxygen atoms in total. The number of pyridine rings is 1. The number of aromatic nitrogens is 3. The summed E-state index contributed by atoms with van der Waals surface area (Å²) in [6.07, 6.45) is 5.87. The fraction of sp³-hybridized carbons (Fsp3) is 0.526. The number of carbonyl (C=O) groups excluding carboxylic acids is 2. The van der Waals surface area contributed by atoms with Gasteiger partial charge in [-0.15, -0.1) is 0 Å². The lowest BCUT2D eigenvalue weighted by atomic mass is 9.98. The van der Waals surface area contributed by atoms with E-state index in [4.69, 9.17) is 4.52 Å². The van der Waals surface area contributed by atoms with E-state index < -0.39 is 0 Å². The summed E-state index contributed by atoms with van der Waals surface area (Å²) in [4.78, 5) is 36.5. The predicted octanol–water partition coefficient (Wildman–Crippen LogP) is 1.42. The normalized spacial score (nSPS) is 16.9. The Bertz CT molecular complexity index is 855. The van der Waals surface area contributed by atoms with E-state index in [-0.39, 0.29) is 23.7 Å². The zero-order valence-corrected chi connectivity index (χ0v) is 15.6.